The molecule has 4 heteroatoms. The van der Waals surface area contributed by atoms with Crippen molar-refractivity contribution in [3.05, 3.63) is 46.7 Å². The van der Waals surface area contributed by atoms with Crippen LogP contribution in [0.4, 0.5) is 5.69 Å². The van der Waals surface area contributed by atoms with Gasteiger partial charge in [-0.3, -0.25) is 4.79 Å². The van der Waals surface area contributed by atoms with Gasteiger partial charge in [0.05, 0.1) is 31.8 Å². The second-order valence-corrected chi connectivity index (χ2v) is 8.21. The Hall–Kier alpha value is -2.07. The van der Waals surface area contributed by atoms with Crippen LogP contribution in [-0.4, -0.2) is 44.1 Å². The number of anilines is 1. The molecule has 3 aliphatic heterocycles. The smallest absolute Gasteiger partial charge is 0.148 e. The van der Waals surface area contributed by atoms with Crippen LogP contribution in [0.15, 0.2) is 41.1 Å². The minimum absolute atomic E-state index is 0.0510. The van der Waals surface area contributed by atoms with Crippen molar-refractivity contribution in [1.29, 1.82) is 0 Å². The molecule has 2 saturated heterocycles. The van der Waals surface area contributed by atoms with Gasteiger partial charge in [0.2, 0.25) is 0 Å². The molecule has 4 nitrogen and oxygen atoms in total. The van der Waals surface area contributed by atoms with Crippen LogP contribution in [0.5, 0.6) is 5.75 Å². The Morgan fingerprint density at radius 1 is 1.40 bits per heavy atom. The third kappa shape index (κ3) is 1.59. The maximum Gasteiger partial charge on any atom is 0.148 e. The summed E-state index contributed by atoms with van der Waals surface area (Å²) in [7, 11) is 4.12. The van der Waals surface area contributed by atoms with Gasteiger partial charge in [0.15, 0.2) is 0 Å². The number of nitrogens with one attached hydrogen (secondary N) is 1. The van der Waals surface area contributed by atoms with E-state index >= 15 is 0 Å². The summed E-state index contributed by atoms with van der Waals surface area (Å²) in [6.07, 6.45) is 5.52. The number of benzene rings is 1. The zero-order valence-electron chi connectivity index (χ0n) is 15.1. The summed E-state index contributed by atoms with van der Waals surface area (Å²) in [5.74, 6) is 1.15. The van der Waals surface area contributed by atoms with Crippen LogP contribution in [0.2, 0.25) is 0 Å². The minimum atomic E-state index is -0.0510. The summed E-state index contributed by atoms with van der Waals surface area (Å²) in [5, 5.41) is 3.65. The fourth-order valence-electron chi connectivity index (χ4n) is 6.28. The van der Waals surface area contributed by atoms with Crippen molar-refractivity contribution in [2.24, 2.45) is 5.92 Å². The molecular weight excluding hydrogens is 312 g/mol. The van der Waals surface area contributed by atoms with E-state index in [-0.39, 0.29) is 11.3 Å². The topological polar surface area (TPSA) is 38.3 Å². The van der Waals surface area contributed by atoms with Crippen LogP contribution in [0, 0.1) is 5.92 Å². The molecule has 5 rings (SSSR count). The van der Waals surface area contributed by atoms with Crippen LogP contribution in [0.1, 0.15) is 25.3 Å². The number of rotatable bonds is 2. The second-order valence-electron chi connectivity index (χ2n) is 8.21. The SMILES string of the molecule is C/C=C1\C[N@+]2(C)CC[C@@]34C(=C(C=O)[C@H]1C[C@H]32)Nc1c(OC)cccc14. The first-order valence-corrected chi connectivity index (χ1v) is 9.22. The fourth-order valence-corrected chi connectivity index (χ4v) is 6.28. The zero-order valence-corrected chi connectivity index (χ0v) is 15.1. The van der Waals surface area contributed by atoms with Crippen molar-refractivity contribution in [2.75, 3.05) is 32.6 Å². The number of quaternary nitrogens is 1. The van der Waals surface area contributed by atoms with Crippen LogP contribution in [0.3, 0.4) is 0 Å². The number of hydrogen-bond acceptors (Lipinski definition) is 3. The third-order valence-corrected chi connectivity index (χ3v) is 7.37. The lowest BCUT2D eigenvalue weighted by atomic mass is 9.61. The van der Waals surface area contributed by atoms with Gasteiger partial charge in [0.25, 0.3) is 0 Å². The van der Waals surface area contributed by atoms with Gasteiger partial charge in [-0.1, -0.05) is 18.2 Å². The van der Waals surface area contributed by atoms with Crippen molar-refractivity contribution in [3.8, 4) is 5.75 Å². The lowest BCUT2D eigenvalue weighted by molar-refractivity contribution is -0.923. The number of carbonyl (C=O) groups excluding carboxylic acids is 1. The van der Waals surface area contributed by atoms with E-state index in [1.54, 1.807) is 7.11 Å². The summed E-state index contributed by atoms with van der Waals surface area (Å²) in [6, 6.07) is 6.86. The quantitative estimate of drug-likeness (QED) is 0.512. The molecule has 2 bridgehead atoms. The average Bonchev–Trinajstić information content (AvgIpc) is 3.14. The molecule has 0 saturated carbocycles. The number of fused-ring (bicyclic) bond motifs is 2. The number of allylic oxidation sites excluding steroid dienone is 2. The van der Waals surface area contributed by atoms with Crippen molar-refractivity contribution in [3.63, 3.8) is 0 Å². The van der Waals surface area contributed by atoms with Crippen LogP contribution >= 0.6 is 0 Å². The van der Waals surface area contributed by atoms with E-state index in [1.807, 2.05) is 6.07 Å². The molecule has 1 aromatic carbocycles. The Morgan fingerprint density at radius 2 is 2.24 bits per heavy atom. The fraction of sp³-hybridized carbons (Fsp3) is 0.476. The number of nitrogens with zero attached hydrogens (tertiary/aromatic N) is 1. The van der Waals surface area contributed by atoms with Gasteiger partial charge in [0, 0.05) is 30.0 Å². The number of aldehydes is 1. The molecule has 1 N–H and O–H groups in total. The van der Waals surface area contributed by atoms with Crippen molar-refractivity contribution in [1.82, 2.24) is 0 Å². The maximum atomic E-state index is 12.2. The summed E-state index contributed by atoms with van der Waals surface area (Å²) in [6.45, 7) is 4.34. The first-order valence-electron chi connectivity index (χ1n) is 9.22. The van der Waals surface area contributed by atoms with E-state index in [4.69, 9.17) is 4.74 Å². The first-order chi connectivity index (χ1) is 12.1. The van der Waals surface area contributed by atoms with Gasteiger partial charge in [-0.15, -0.1) is 0 Å². The highest BCUT2D eigenvalue weighted by atomic mass is 16.5. The Kier molecular flexibility index (Phi) is 2.89. The molecule has 1 aromatic rings. The van der Waals surface area contributed by atoms with Gasteiger partial charge in [-0.25, -0.2) is 0 Å². The van der Waals surface area contributed by atoms with Gasteiger partial charge in [-0.2, -0.15) is 0 Å². The number of likely N-dealkylation sites (N-methyl/N-ethyl adjacent to an activating group) is 1. The highest BCUT2D eigenvalue weighted by Crippen LogP contribution is 2.63. The van der Waals surface area contributed by atoms with Crippen LogP contribution < -0.4 is 10.1 Å². The Bertz CT molecular complexity index is 855. The largest absolute Gasteiger partial charge is 0.495 e. The van der Waals surface area contributed by atoms with Crippen LogP contribution in [0.25, 0.3) is 0 Å². The first kappa shape index (κ1) is 15.2. The standard InChI is InChI=1S/C21H24N2O2/c1-4-13-11-23(2)9-8-21-16-6-5-7-17(25-3)19(16)22-20(21)15(12-24)14(13)10-18(21)23/h4-7,12,14,18H,8-11H2,1-3H3/p+1/b13-4+/t14-,18+,21-,23-/m0/s1. The van der Waals surface area contributed by atoms with E-state index in [0.717, 1.165) is 59.4 Å². The minimum Gasteiger partial charge on any atom is -0.495 e. The van der Waals surface area contributed by atoms with Gasteiger partial charge >= 0.3 is 0 Å². The number of para-hydroxylation sites is 1. The summed E-state index contributed by atoms with van der Waals surface area (Å²) in [4.78, 5) is 12.2. The number of carbonyl (C=O) groups is 1. The average molecular weight is 337 g/mol. The Labute approximate surface area is 148 Å². The van der Waals surface area contributed by atoms with E-state index in [0.29, 0.717) is 6.04 Å². The highest BCUT2D eigenvalue weighted by Gasteiger charge is 2.67. The molecule has 3 heterocycles. The molecule has 0 amide bonds. The van der Waals surface area contributed by atoms with Crippen molar-refractivity contribution < 1.29 is 14.0 Å². The van der Waals surface area contributed by atoms with E-state index in [9.17, 15) is 4.79 Å². The van der Waals surface area contributed by atoms with E-state index < -0.39 is 0 Å². The van der Waals surface area contributed by atoms with Crippen molar-refractivity contribution in [2.45, 2.75) is 31.2 Å². The molecule has 0 unspecified atom stereocenters. The van der Waals surface area contributed by atoms with Gasteiger partial charge in [-0.05, 0) is 24.1 Å². The number of piperidine rings is 1. The summed E-state index contributed by atoms with van der Waals surface area (Å²) < 4.78 is 6.71. The Balaban J connectivity index is 1.84. The molecule has 1 aliphatic carbocycles. The van der Waals surface area contributed by atoms with Crippen LogP contribution in [-0.2, 0) is 10.2 Å². The van der Waals surface area contributed by atoms with E-state index in [2.05, 4.69) is 37.5 Å². The predicted molar refractivity (Wildman–Crippen MR) is 97.6 cm³/mol. The normalized spacial score (nSPS) is 39.1. The maximum absolute atomic E-state index is 12.2. The van der Waals surface area contributed by atoms with E-state index in [1.165, 1.54) is 11.1 Å². The lowest BCUT2D eigenvalue weighted by Crippen LogP contribution is -2.61. The molecule has 4 atom stereocenters. The zero-order chi connectivity index (χ0) is 17.4. The molecule has 4 aliphatic rings. The molecule has 0 aromatic heterocycles. The molecule has 25 heavy (non-hydrogen) atoms. The lowest BCUT2D eigenvalue weighted by Gasteiger charge is -2.51. The van der Waals surface area contributed by atoms with Crippen molar-refractivity contribution >= 4 is 12.0 Å². The number of ether oxygens (including phenoxy) is 1. The predicted octanol–water partition coefficient (Wildman–Crippen LogP) is 3.01. The molecule has 2 fully saturated rings. The molecule has 130 valence electrons. The second kappa shape index (κ2) is 4.76. The monoisotopic (exact) mass is 337 g/mol. The molecular formula is C21H25N2O2+. The molecule has 1 spiro atoms. The highest BCUT2D eigenvalue weighted by molar-refractivity contribution is 5.86. The van der Waals surface area contributed by atoms with Gasteiger partial charge in [0.1, 0.15) is 24.6 Å². The molecule has 0 radical (unpaired) electrons. The number of methoxy groups -OCH3 is 1. The van der Waals surface area contributed by atoms with Gasteiger partial charge < -0.3 is 14.5 Å². The Morgan fingerprint density at radius 3 is 2.96 bits per heavy atom. The summed E-state index contributed by atoms with van der Waals surface area (Å²) in [5.41, 5.74) is 5.90. The summed E-state index contributed by atoms with van der Waals surface area (Å²) >= 11 is 0. The number of hydrogen-bond donors (Lipinski definition) is 1. The third-order valence-electron chi connectivity index (χ3n) is 7.37.